The zero-order valence-electron chi connectivity index (χ0n) is 33.7. The number of aliphatic imine (C=N–C) groups is 2. The molecule has 2 aromatic heterocycles. The predicted molar refractivity (Wildman–Crippen MR) is 233 cm³/mol. The highest BCUT2D eigenvalue weighted by atomic mass is 79.9. The van der Waals surface area contributed by atoms with Gasteiger partial charge in [-0.3, -0.25) is 9.97 Å². The number of ether oxygens (including phenoxy) is 2. The van der Waals surface area contributed by atoms with Crippen LogP contribution in [0, 0.1) is 30.5 Å². The van der Waals surface area contributed by atoms with E-state index in [9.17, 15) is 13.2 Å². The van der Waals surface area contributed by atoms with Gasteiger partial charge in [0.15, 0.2) is 5.54 Å². The molecule has 0 spiro atoms. The molecule has 6 N–H and O–H groups in total. The average Bonchev–Trinajstić information content (AvgIpc) is 4.15. The minimum absolute atomic E-state index is 0.0837. The highest BCUT2D eigenvalue weighted by Crippen LogP contribution is 2.58. The Hall–Kier alpha value is -4.37. The second-order valence-electron chi connectivity index (χ2n) is 17.3. The van der Waals surface area contributed by atoms with Gasteiger partial charge in [0, 0.05) is 50.1 Å². The van der Waals surface area contributed by atoms with E-state index in [1.165, 1.54) is 40.9 Å². The molecule has 0 amide bonds. The zero-order chi connectivity index (χ0) is 42.1. The molecule has 4 heterocycles. The van der Waals surface area contributed by atoms with Crippen molar-refractivity contribution in [2.45, 2.75) is 114 Å². The van der Waals surface area contributed by atoms with Crippen molar-refractivity contribution in [1.82, 2.24) is 9.97 Å². The molecule has 4 aromatic rings. The molecule has 6 aliphatic rings. The van der Waals surface area contributed by atoms with Crippen LogP contribution in [0.4, 0.5) is 24.5 Å². The van der Waals surface area contributed by atoms with E-state index in [4.69, 9.17) is 30.9 Å². The molecule has 0 unspecified atom stereocenters. The number of hydrogen-bond acceptors (Lipinski definition) is 10. The van der Waals surface area contributed by atoms with Gasteiger partial charge in [0.1, 0.15) is 23.6 Å². The summed E-state index contributed by atoms with van der Waals surface area (Å²) in [7, 11) is 0. The zero-order valence-corrected chi connectivity index (χ0v) is 36.9. The van der Waals surface area contributed by atoms with Gasteiger partial charge in [0.05, 0.1) is 23.5 Å². The number of aryl methyl sites for hydroxylation is 3. The van der Waals surface area contributed by atoms with Gasteiger partial charge >= 0.3 is 0 Å². The fourth-order valence-electron chi connectivity index (χ4n) is 10.2. The maximum Gasteiger partial charge on any atom is 0.283 e. The van der Waals surface area contributed by atoms with Gasteiger partial charge in [-0.05, 0) is 161 Å². The monoisotopic (exact) mass is 948 g/mol. The Morgan fingerprint density at radius 3 is 1.77 bits per heavy atom. The first-order valence-corrected chi connectivity index (χ1v) is 22.4. The molecule has 2 saturated carbocycles. The standard InChI is InChI=1S/C24H29BrN4O.C21H20BrF3N4O/c1-13(2)24(19-11-21(19)30-23(26)29-24)18-10-17(8-7-14(18)3)28-20-6-4-5-15-9-16(25)12-27-22(15)20;22-11-6-10-2-1-3-16(18(10)27-9-11)28-12-4-5-15(23)13(7-12)21(19(24)25)14-8-17(14)30-20(26)29-21/h7-10,12-13,19-21,28H,4-6,11H2,1-3H3,(H2,26,29);4-7,9,14,16-17,19,28H,1-3,8H2,(H2,26,29)/t19-,20-,21+,24+;14-,16+,17+,21+/m00/s1. The second kappa shape index (κ2) is 15.8. The van der Waals surface area contributed by atoms with Gasteiger partial charge in [-0.1, -0.05) is 19.9 Å². The van der Waals surface area contributed by atoms with Crippen LogP contribution in [0.5, 0.6) is 0 Å². The van der Waals surface area contributed by atoms with E-state index in [2.05, 4.69) is 97.5 Å². The van der Waals surface area contributed by atoms with Gasteiger partial charge in [-0.2, -0.15) is 0 Å². The van der Waals surface area contributed by atoms with Crippen LogP contribution >= 0.6 is 31.9 Å². The summed E-state index contributed by atoms with van der Waals surface area (Å²) in [5, 5.41) is 7.13. The van der Waals surface area contributed by atoms with Crippen molar-refractivity contribution in [3.8, 4) is 0 Å². The van der Waals surface area contributed by atoms with Gasteiger partial charge in [-0.15, -0.1) is 0 Å². The SMILES string of the molecule is Cc1ccc(N[C@H]2CCCc3cc(Br)cnc32)cc1[C@@]1(C(C)C)N=C(N)O[C@@H]2C[C@@H]21.NC1=N[C@@](c2cc(N[C@@H]3CCCc4cc(Br)cnc43)ccc2F)(C(F)F)[C@H]2C[C@H]2O1. The molecule has 0 radical (unpaired) electrons. The second-order valence-corrected chi connectivity index (χ2v) is 19.1. The number of amidine groups is 2. The molecular formula is C45H49Br2F3N8O2. The lowest BCUT2D eigenvalue weighted by Crippen LogP contribution is -2.43. The summed E-state index contributed by atoms with van der Waals surface area (Å²) in [6.45, 7) is 6.67. The lowest BCUT2D eigenvalue weighted by atomic mass is 9.74. The minimum Gasteiger partial charge on any atom is -0.462 e. The summed E-state index contributed by atoms with van der Waals surface area (Å²) in [6, 6.07) is 15.3. The molecule has 60 heavy (non-hydrogen) atoms. The average molecular weight is 951 g/mol. The largest absolute Gasteiger partial charge is 0.462 e. The fourth-order valence-corrected chi connectivity index (χ4v) is 10.9. The summed E-state index contributed by atoms with van der Waals surface area (Å²) >= 11 is 7.00. The molecule has 10 nitrogen and oxygen atoms in total. The van der Waals surface area contributed by atoms with Crippen molar-refractivity contribution in [1.29, 1.82) is 0 Å². The predicted octanol–water partition coefficient (Wildman–Crippen LogP) is 9.89. The maximum absolute atomic E-state index is 14.8. The Balaban J connectivity index is 0.000000154. The Kier molecular flexibility index (Phi) is 10.8. The highest BCUT2D eigenvalue weighted by molar-refractivity contribution is 9.10. The van der Waals surface area contributed by atoms with Crippen molar-refractivity contribution in [3.63, 3.8) is 0 Å². The highest BCUT2D eigenvalue weighted by Gasteiger charge is 2.64. The normalized spacial score (nSPS) is 29.5. The van der Waals surface area contributed by atoms with Crippen LogP contribution in [0.2, 0.25) is 0 Å². The van der Waals surface area contributed by atoms with Gasteiger partial charge in [0.25, 0.3) is 18.5 Å². The number of hydrogen-bond donors (Lipinski definition) is 4. The van der Waals surface area contributed by atoms with Crippen LogP contribution in [-0.4, -0.2) is 40.6 Å². The summed E-state index contributed by atoms with van der Waals surface area (Å²) in [4.78, 5) is 18.1. The first-order chi connectivity index (χ1) is 28.8. The van der Waals surface area contributed by atoms with E-state index in [1.807, 2.05) is 12.3 Å². The topological polar surface area (TPSA) is 145 Å². The Bertz CT molecular complexity index is 2220. The van der Waals surface area contributed by atoms with Gasteiger partial charge < -0.3 is 31.6 Å². The molecule has 2 aromatic carbocycles. The number of anilines is 2. The number of nitrogens with two attached hydrogens (primary N) is 2. The van der Waals surface area contributed by atoms with Gasteiger partial charge in [-0.25, -0.2) is 23.2 Å². The summed E-state index contributed by atoms with van der Waals surface area (Å²) in [5.74, 6) is -0.591. The number of aromatic nitrogens is 2. The van der Waals surface area contributed by atoms with Crippen LogP contribution in [0.3, 0.4) is 0 Å². The summed E-state index contributed by atoms with van der Waals surface area (Å²) in [5.41, 5.74) is 18.0. The van der Waals surface area contributed by atoms with Crippen LogP contribution < -0.4 is 22.1 Å². The number of fused-ring (bicyclic) bond motifs is 4. The molecule has 0 saturated heterocycles. The first kappa shape index (κ1) is 41.0. The fraction of sp³-hybridized carbons (Fsp3) is 0.467. The quantitative estimate of drug-likeness (QED) is 0.137. The van der Waals surface area contributed by atoms with Crippen molar-refractivity contribution in [2.24, 2.45) is 39.2 Å². The molecule has 2 aliphatic heterocycles. The number of pyridine rings is 2. The molecular weight excluding hydrogens is 901 g/mol. The Labute approximate surface area is 364 Å². The smallest absolute Gasteiger partial charge is 0.283 e. The van der Waals surface area contributed by atoms with E-state index in [-0.39, 0.29) is 35.3 Å². The number of rotatable bonds is 8. The van der Waals surface area contributed by atoms with Gasteiger partial charge in [0.2, 0.25) is 0 Å². The number of benzene rings is 2. The van der Waals surface area contributed by atoms with Crippen LogP contribution in [0.1, 0.15) is 104 Å². The number of nitrogens with zero attached hydrogens (tertiary/aromatic N) is 4. The van der Waals surface area contributed by atoms with E-state index in [1.54, 1.807) is 12.3 Å². The van der Waals surface area contributed by atoms with E-state index in [0.717, 1.165) is 64.4 Å². The molecule has 2 fully saturated rings. The Morgan fingerprint density at radius 2 is 1.23 bits per heavy atom. The van der Waals surface area contributed by atoms with E-state index in [0.29, 0.717) is 30.0 Å². The molecule has 8 atom stereocenters. The van der Waals surface area contributed by atoms with Crippen molar-refractivity contribution < 1.29 is 22.6 Å². The minimum atomic E-state index is -2.91. The lowest BCUT2D eigenvalue weighted by molar-refractivity contribution is 0.0177. The van der Waals surface area contributed by atoms with E-state index >= 15 is 0 Å². The summed E-state index contributed by atoms with van der Waals surface area (Å²) in [6.07, 6.45) is 7.98. The molecule has 15 heteroatoms. The van der Waals surface area contributed by atoms with Crippen LogP contribution in [0.25, 0.3) is 0 Å². The first-order valence-electron chi connectivity index (χ1n) is 20.8. The third kappa shape index (κ3) is 7.41. The number of halogens is 5. The van der Waals surface area contributed by atoms with Crippen molar-refractivity contribution in [2.75, 3.05) is 10.6 Å². The lowest BCUT2D eigenvalue weighted by Gasteiger charge is -2.39. The number of nitrogens with one attached hydrogen (secondary N) is 2. The third-order valence-corrected chi connectivity index (χ3v) is 14.0. The third-order valence-electron chi connectivity index (χ3n) is 13.2. The van der Waals surface area contributed by atoms with Crippen LogP contribution in [0.15, 0.2) is 79.9 Å². The number of alkyl halides is 2. The van der Waals surface area contributed by atoms with Crippen molar-refractivity contribution in [3.05, 3.63) is 115 Å². The maximum atomic E-state index is 14.8. The van der Waals surface area contributed by atoms with Crippen molar-refractivity contribution >= 4 is 55.3 Å². The summed E-state index contributed by atoms with van der Waals surface area (Å²) < 4.78 is 56.4. The van der Waals surface area contributed by atoms with E-state index < -0.39 is 29.8 Å². The Morgan fingerprint density at radius 1 is 0.733 bits per heavy atom. The molecule has 316 valence electrons. The molecule has 10 rings (SSSR count). The molecule has 0 bridgehead atoms. The van der Waals surface area contributed by atoms with Crippen LogP contribution in [-0.2, 0) is 33.4 Å². The molecule has 4 aliphatic carbocycles.